The Bertz CT molecular complexity index is 794. The largest absolute Gasteiger partial charge is 0.496 e. The molecule has 1 aliphatic rings. The molecular formula is C24H31NO3. The summed E-state index contributed by atoms with van der Waals surface area (Å²) in [5.74, 6) is 1.97. The summed E-state index contributed by atoms with van der Waals surface area (Å²) in [7, 11) is 1.64. The fraction of sp³-hybridized carbons (Fsp3) is 0.458. The third-order valence-electron chi connectivity index (χ3n) is 5.41. The van der Waals surface area contributed by atoms with Crippen LogP contribution in [0, 0.1) is 0 Å². The highest BCUT2D eigenvalue weighted by Crippen LogP contribution is 2.28. The molecule has 150 valence electrons. The lowest BCUT2D eigenvalue weighted by Gasteiger charge is -2.23. The third-order valence-corrected chi connectivity index (χ3v) is 5.41. The normalized spacial score (nSPS) is 14.7. The van der Waals surface area contributed by atoms with Gasteiger partial charge in [0.1, 0.15) is 18.1 Å². The van der Waals surface area contributed by atoms with E-state index in [4.69, 9.17) is 9.47 Å². The van der Waals surface area contributed by atoms with Crippen LogP contribution >= 0.6 is 0 Å². The topological polar surface area (TPSA) is 47.6 Å². The minimum absolute atomic E-state index is 0.0154. The molecule has 0 spiro atoms. The van der Waals surface area contributed by atoms with Gasteiger partial charge in [0.2, 0.25) is 0 Å². The summed E-state index contributed by atoms with van der Waals surface area (Å²) in [5, 5.41) is 3.18. The fourth-order valence-electron chi connectivity index (χ4n) is 3.79. The first-order chi connectivity index (χ1) is 13.6. The van der Waals surface area contributed by atoms with E-state index < -0.39 is 0 Å². The highest BCUT2D eigenvalue weighted by atomic mass is 16.5. The van der Waals surface area contributed by atoms with Gasteiger partial charge in [-0.15, -0.1) is 0 Å². The Morgan fingerprint density at radius 1 is 1.07 bits per heavy atom. The summed E-state index contributed by atoms with van der Waals surface area (Å²) in [6.07, 6.45) is 5.81. The predicted molar refractivity (Wildman–Crippen MR) is 112 cm³/mol. The summed E-state index contributed by atoms with van der Waals surface area (Å²) in [4.78, 5) is 12.7. The zero-order valence-electron chi connectivity index (χ0n) is 17.2. The number of para-hydroxylation sites is 1. The van der Waals surface area contributed by atoms with Gasteiger partial charge in [0.25, 0.3) is 5.91 Å². The second kappa shape index (κ2) is 9.63. The molecule has 0 radical (unpaired) electrons. The molecule has 1 saturated carbocycles. The second-order valence-electron chi connectivity index (χ2n) is 7.82. The number of hydrogen-bond acceptors (Lipinski definition) is 3. The average molecular weight is 382 g/mol. The van der Waals surface area contributed by atoms with Crippen LogP contribution in [0.2, 0.25) is 0 Å². The molecule has 0 heterocycles. The van der Waals surface area contributed by atoms with E-state index in [1.165, 1.54) is 24.8 Å². The summed E-state index contributed by atoms with van der Waals surface area (Å²) in [6, 6.07) is 13.9. The molecule has 0 atom stereocenters. The van der Waals surface area contributed by atoms with E-state index in [2.05, 4.69) is 25.2 Å². The Balaban J connectivity index is 1.73. The number of nitrogens with one attached hydrogen (secondary N) is 1. The summed E-state index contributed by atoms with van der Waals surface area (Å²) >= 11 is 0. The van der Waals surface area contributed by atoms with Crippen molar-refractivity contribution < 1.29 is 14.3 Å². The molecule has 28 heavy (non-hydrogen) atoms. The SMILES string of the molecule is COc1ccc(C(=O)NC2CCCCC2)cc1COc1ccccc1C(C)C. The maximum atomic E-state index is 12.7. The minimum Gasteiger partial charge on any atom is -0.496 e. The van der Waals surface area contributed by atoms with Gasteiger partial charge >= 0.3 is 0 Å². The Morgan fingerprint density at radius 2 is 1.82 bits per heavy atom. The van der Waals surface area contributed by atoms with Gasteiger partial charge in [-0.2, -0.15) is 0 Å². The van der Waals surface area contributed by atoms with E-state index >= 15 is 0 Å². The van der Waals surface area contributed by atoms with Crippen molar-refractivity contribution >= 4 is 5.91 Å². The van der Waals surface area contributed by atoms with Crippen molar-refractivity contribution in [2.45, 2.75) is 64.5 Å². The zero-order chi connectivity index (χ0) is 19.9. The van der Waals surface area contributed by atoms with Crippen LogP contribution in [0.15, 0.2) is 42.5 Å². The van der Waals surface area contributed by atoms with E-state index in [0.717, 1.165) is 29.9 Å². The molecule has 2 aromatic rings. The van der Waals surface area contributed by atoms with Crippen LogP contribution in [0.3, 0.4) is 0 Å². The lowest BCUT2D eigenvalue weighted by molar-refractivity contribution is 0.0927. The molecule has 1 N–H and O–H groups in total. The van der Waals surface area contributed by atoms with Gasteiger partial charge in [-0.05, 0) is 48.6 Å². The molecule has 0 bridgehead atoms. The summed E-state index contributed by atoms with van der Waals surface area (Å²) < 4.78 is 11.6. The van der Waals surface area contributed by atoms with Gasteiger partial charge < -0.3 is 14.8 Å². The van der Waals surface area contributed by atoms with Crippen molar-refractivity contribution in [1.82, 2.24) is 5.32 Å². The van der Waals surface area contributed by atoms with Gasteiger partial charge in [-0.3, -0.25) is 4.79 Å². The van der Waals surface area contributed by atoms with Crippen molar-refractivity contribution in [3.8, 4) is 11.5 Å². The third kappa shape index (κ3) is 5.06. The number of amides is 1. The Hall–Kier alpha value is -2.49. The van der Waals surface area contributed by atoms with E-state index in [0.29, 0.717) is 24.1 Å². The van der Waals surface area contributed by atoms with Crippen molar-refractivity contribution in [3.63, 3.8) is 0 Å². The quantitative estimate of drug-likeness (QED) is 0.693. The van der Waals surface area contributed by atoms with Gasteiger partial charge in [0.15, 0.2) is 0 Å². The number of carbonyl (C=O) groups is 1. The van der Waals surface area contributed by atoms with Gasteiger partial charge in [0.05, 0.1) is 7.11 Å². The Morgan fingerprint density at radius 3 is 2.54 bits per heavy atom. The molecule has 0 saturated heterocycles. The van der Waals surface area contributed by atoms with Crippen molar-refractivity contribution in [1.29, 1.82) is 0 Å². The summed E-state index contributed by atoms with van der Waals surface area (Å²) in [5.41, 5.74) is 2.70. The van der Waals surface area contributed by atoms with Gasteiger partial charge in [-0.25, -0.2) is 0 Å². The van der Waals surface area contributed by atoms with Crippen LogP contribution in [0.4, 0.5) is 0 Å². The first-order valence-electron chi connectivity index (χ1n) is 10.3. The molecule has 0 aliphatic heterocycles. The van der Waals surface area contributed by atoms with Crippen molar-refractivity contribution in [2.24, 2.45) is 0 Å². The number of carbonyl (C=O) groups excluding carboxylic acids is 1. The summed E-state index contributed by atoms with van der Waals surface area (Å²) in [6.45, 7) is 4.66. The monoisotopic (exact) mass is 381 g/mol. The average Bonchev–Trinajstić information content (AvgIpc) is 2.72. The van der Waals surface area contributed by atoms with E-state index in [9.17, 15) is 4.79 Å². The minimum atomic E-state index is -0.0154. The first kappa shape index (κ1) is 20.2. The van der Waals surface area contributed by atoms with E-state index in [-0.39, 0.29) is 5.91 Å². The molecule has 1 aliphatic carbocycles. The smallest absolute Gasteiger partial charge is 0.251 e. The number of ether oxygens (including phenoxy) is 2. The van der Waals surface area contributed by atoms with Gasteiger partial charge in [0, 0.05) is 17.2 Å². The molecule has 4 heteroatoms. The second-order valence-corrected chi connectivity index (χ2v) is 7.82. The molecule has 0 aromatic heterocycles. The lowest BCUT2D eigenvalue weighted by atomic mass is 9.95. The van der Waals surface area contributed by atoms with Crippen LogP contribution in [0.25, 0.3) is 0 Å². The van der Waals surface area contributed by atoms with E-state index in [1.54, 1.807) is 7.11 Å². The Labute approximate surface area is 168 Å². The number of rotatable bonds is 7. The molecule has 3 rings (SSSR count). The number of benzene rings is 2. The standard InChI is InChI=1S/C24H31NO3/c1-17(2)21-11-7-8-12-23(21)28-16-19-15-18(13-14-22(19)27-3)24(26)25-20-9-5-4-6-10-20/h7-8,11-15,17,20H,4-6,9-10,16H2,1-3H3,(H,25,26). The zero-order valence-corrected chi connectivity index (χ0v) is 17.2. The number of methoxy groups -OCH3 is 1. The molecular weight excluding hydrogens is 350 g/mol. The van der Waals surface area contributed by atoms with E-state index in [1.807, 2.05) is 36.4 Å². The first-order valence-corrected chi connectivity index (χ1v) is 10.3. The lowest BCUT2D eigenvalue weighted by Crippen LogP contribution is -2.36. The van der Waals surface area contributed by atoms with Gasteiger partial charge in [-0.1, -0.05) is 51.3 Å². The van der Waals surface area contributed by atoms with Crippen LogP contribution in [0.5, 0.6) is 11.5 Å². The highest BCUT2D eigenvalue weighted by Gasteiger charge is 2.18. The van der Waals surface area contributed by atoms with Crippen molar-refractivity contribution in [3.05, 3.63) is 59.2 Å². The molecule has 1 fully saturated rings. The molecule has 0 unspecified atom stereocenters. The fourth-order valence-corrected chi connectivity index (χ4v) is 3.79. The molecule has 2 aromatic carbocycles. The molecule has 4 nitrogen and oxygen atoms in total. The predicted octanol–water partition coefficient (Wildman–Crippen LogP) is 5.46. The highest BCUT2D eigenvalue weighted by molar-refractivity contribution is 5.94. The Kier molecular flexibility index (Phi) is 6.96. The van der Waals surface area contributed by atoms with Crippen LogP contribution in [0.1, 0.15) is 73.4 Å². The number of hydrogen-bond donors (Lipinski definition) is 1. The van der Waals surface area contributed by atoms with Crippen LogP contribution < -0.4 is 14.8 Å². The van der Waals surface area contributed by atoms with Crippen LogP contribution in [-0.4, -0.2) is 19.1 Å². The maximum Gasteiger partial charge on any atom is 0.251 e. The van der Waals surface area contributed by atoms with Crippen LogP contribution in [-0.2, 0) is 6.61 Å². The van der Waals surface area contributed by atoms with Crippen molar-refractivity contribution in [2.75, 3.05) is 7.11 Å². The molecule has 1 amide bonds. The maximum absolute atomic E-state index is 12.7.